The van der Waals surface area contributed by atoms with Crippen molar-refractivity contribution >= 4 is 10.8 Å². The highest BCUT2D eigenvalue weighted by atomic mass is 13.9. The number of fused-ring (bicyclic) bond motifs is 1. The summed E-state index contributed by atoms with van der Waals surface area (Å²) < 4.78 is 22.5. The molecule has 0 aliphatic heterocycles. The molecule has 0 heteroatoms. The fourth-order valence-electron chi connectivity index (χ4n) is 0.954. The molecule has 0 aliphatic rings. The molecule has 0 heterocycles. The summed E-state index contributed by atoms with van der Waals surface area (Å²) in [4.78, 5) is 0. The molecular formula is C10H8. The highest BCUT2D eigenvalue weighted by Crippen LogP contribution is 2.11. The molecule has 0 bridgehead atoms. The Kier molecular flexibility index (Phi) is 0.685. The Morgan fingerprint density at radius 1 is 0.900 bits per heavy atom. The highest BCUT2D eigenvalue weighted by Gasteiger charge is 1.85. The molecule has 2 rings (SSSR count). The highest BCUT2D eigenvalue weighted by molar-refractivity contribution is 5.81. The maximum Gasteiger partial charge on any atom is 0.0629 e. The minimum atomic E-state index is -0.00120. The largest absolute Gasteiger partial charge is 0.0629 e. The quantitative estimate of drug-likeness (QED) is 0.515. The molecule has 0 radical (unpaired) electrons. The van der Waals surface area contributed by atoms with Crippen molar-refractivity contribution in [3.63, 3.8) is 0 Å². The monoisotopic (exact) mass is 131 g/mol. The first kappa shape index (κ1) is 3.20. The zero-order valence-electron chi connectivity index (χ0n) is 8.39. The van der Waals surface area contributed by atoms with E-state index >= 15 is 0 Å². The van der Waals surface area contributed by atoms with Crippen LogP contribution in [0, 0.1) is 0 Å². The molecule has 0 aromatic heterocycles. The SMILES string of the molecule is [2H]c1cc2ccccc2c([2H])c1[2H]. The van der Waals surface area contributed by atoms with E-state index in [-0.39, 0.29) is 18.1 Å². The second-order valence-corrected chi connectivity index (χ2v) is 2.13. The Hall–Kier alpha value is -1.30. The lowest BCUT2D eigenvalue weighted by Crippen LogP contribution is -1.67. The van der Waals surface area contributed by atoms with E-state index in [4.69, 9.17) is 4.11 Å². The van der Waals surface area contributed by atoms with Crippen LogP contribution in [0.4, 0.5) is 0 Å². The van der Waals surface area contributed by atoms with Gasteiger partial charge in [0.25, 0.3) is 0 Å². The first-order valence-corrected chi connectivity index (χ1v) is 3.15. The zero-order valence-corrected chi connectivity index (χ0v) is 5.39. The summed E-state index contributed by atoms with van der Waals surface area (Å²) in [7, 11) is 0. The lowest BCUT2D eigenvalue weighted by atomic mass is 10.1. The van der Waals surface area contributed by atoms with Gasteiger partial charge in [0.05, 0.1) is 4.11 Å². The topological polar surface area (TPSA) is 0 Å². The van der Waals surface area contributed by atoms with Gasteiger partial charge in [-0.25, -0.2) is 0 Å². The van der Waals surface area contributed by atoms with Gasteiger partial charge in [0.2, 0.25) is 0 Å². The molecule has 0 atom stereocenters. The Balaban J connectivity index is 2.94. The maximum atomic E-state index is 7.62. The maximum absolute atomic E-state index is 7.62. The third-order valence-corrected chi connectivity index (χ3v) is 1.46. The molecule has 0 spiro atoms. The smallest absolute Gasteiger partial charge is 0.0616 e. The van der Waals surface area contributed by atoms with Crippen LogP contribution in [0.5, 0.6) is 0 Å². The molecule has 10 heavy (non-hydrogen) atoms. The fraction of sp³-hybridized carbons (Fsp3) is 0. The van der Waals surface area contributed by atoms with Crippen LogP contribution in [-0.4, -0.2) is 0 Å². The van der Waals surface area contributed by atoms with Crippen molar-refractivity contribution in [3.8, 4) is 0 Å². The van der Waals surface area contributed by atoms with Gasteiger partial charge in [-0.15, -0.1) is 0 Å². The molecule has 0 N–H and O–H groups in total. The summed E-state index contributed by atoms with van der Waals surface area (Å²) in [6.45, 7) is 0. The van der Waals surface area contributed by atoms with Gasteiger partial charge in [-0.1, -0.05) is 48.5 Å². The van der Waals surface area contributed by atoms with Gasteiger partial charge in [0.1, 0.15) is 0 Å². The van der Waals surface area contributed by atoms with Crippen molar-refractivity contribution in [2.24, 2.45) is 0 Å². The van der Waals surface area contributed by atoms with E-state index in [0.717, 1.165) is 10.8 Å². The van der Waals surface area contributed by atoms with Crippen LogP contribution in [0.25, 0.3) is 10.8 Å². The third kappa shape index (κ3) is 0.781. The van der Waals surface area contributed by atoms with E-state index in [1.165, 1.54) is 0 Å². The van der Waals surface area contributed by atoms with E-state index in [1.54, 1.807) is 12.1 Å². The number of rotatable bonds is 0. The molecule has 0 aliphatic carbocycles. The molecule has 0 unspecified atom stereocenters. The van der Waals surface area contributed by atoms with Crippen molar-refractivity contribution in [1.82, 2.24) is 0 Å². The van der Waals surface area contributed by atoms with Crippen LogP contribution >= 0.6 is 0 Å². The van der Waals surface area contributed by atoms with E-state index in [0.29, 0.717) is 0 Å². The number of hydrogen-bond donors (Lipinski definition) is 0. The number of benzene rings is 2. The third-order valence-electron chi connectivity index (χ3n) is 1.46. The average Bonchev–Trinajstić information content (AvgIpc) is 2.15. The lowest BCUT2D eigenvalue weighted by Gasteiger charge is -1.92. The minimum absolute atomic E-state index is 0.00120. The Morgan fingerprint density at radius 3 is 2.60 bits per heavy atom. The fourth-order valence-corrected chi connectivity index (χ4v) is 0.954. The second kappa shape index (κ2) is 2.14. The Bertz CT molecular complexity index is 463. The van der Waals surface area contributed by atoms with E-state index in [2.05, 4.69) is 0 Å². The zero-order chi connectivity index (χ0) is 9.42. The summed E-state index contributed by atoms with van der Waals surface area (Å²) >= 11 is 0. The average molecular weight is 131 g/mol. The summed E-state index contributed by atoms with van der Waals surface area (Å²) in [5.74, 6) is 0. The van der Waals surface area contributed by atoms with Crippen LogP contribution < -0.4 is 0 Å². The molecule has 0 amide bonds. The second-order valence-electron chi connectivity index (χ2n) is 2.13. The van der Waals surface area contributed by atoms with E-state index < -0.39 is 0 Å². The summed E-state index contributed by atoms with van der Waals surface area (Å²) in [5, 5.41) is 1.59. The van der Waals surface area contributed by atoms with Crippen LogP contribution in [0.2, 0.25) is 0 Å². The first-order chi connectivity index (χ1) is 6.20. The van der Waals surface area contributed by atoms with Gasteiger partial charge >= 0.3 is 0 Å². The predicted molar refractivity (Wildman–Crippen MR) is 43.9 cm³/mol. The van der Waals surface area contributed by atoms with Crippen LogP contribution in [0.15, 0.2) is 48.5 Å². The van der Waals surface area contributed by atoms with Crippen LogP contribution in [0.3, 0.4) is 0 Å². The summed E-state index contributed by atoms with van der Waals surface area (Å²) in [5.41, 5.74) is 0. The van der Waals surface area contributed by atoms with Gasteiger partial charge in [0.15, 0.2) is 0 Å². The molecule has 0 saturated carbocycles. The molecule has 2 aromatic carbocycles. The van der Waals surface area contributed by atoms with Gasteiger partial charge in [-0.05, 0) is 10.8 Å². The lowest BCUT2D eigenvalue weighted by molar-refractivity contribution is 1.75. The van der Waals surface area contributed by atoms with Gasteiger partial charge < -0.3 is 0 Å². The standard InChI is InChI=1S/C10H8/c1-2-6-10-8-4-3-7-9(10)5-1/h1-8H/i1D,2D,5D. The van der Waals surface area contributed by atoms with Crippen molar-refractivity contribution in [2.75, 3.05) is 0 Å². The summed E-state index contributed by atoms with van der Waals surface area (Å²) in [6.07, 6.45) is 0. The normalized spacial score (nSPS) is 14.2. The van der Waals surface area contributed by atoms with E-state index in [9.17, 15) is 0 Å². The van der Waals surface area contributed by atoms with Crippen molar-refractivity contribution < 1.29 is 4.11 Å². The van der Waals surface area contributed by atoms with Gasteiger partial charge in [-0.2, -0.15) is 0 Å². The molecule has 0 fully saturated rings. The van der Waals surface area contributed by atoms with Crippen LogP contribution in [-0.2, 0) is 0 Å². The van der Waals surface area contributed by atoms with Crippen molar-refractivity contribution in [2.45, 2.75) is 0 Å². The summed E-state index contributed by atoms with van der Waals surface area (Å²) in [6, 6.07) is 9.23. The van der Waals surface area contributed by atoms with Gasteiger partial charge in [0, 0.05) is 0 Å². The molecule has 48 valence electrons. The van der Waals surface area contributed by atoms with Crippen molar-refractivity contribution in [1.29, 1.82) is 0 Å². The Morgan fingerprint density at radius 2 is 1.70 bits per heavy atom. The molecule has 0 saturated heterocycles. The minimum Gasteiger partial charge on any atom is -0.0616 e. The van der Waals surface area contributed by atoms with E-state index in [1.807, 2.05) is 18.2 Å². The number of hydrogen-bond acceptors (Lipinski definition) is 0. The molecule has 0 nitrogen and oxygen atoms in total. The Labute approximate surface area is 64.3 Å². The first-order valence-electron chi connectivity index (χ1n) is 4.65. The molecule has 2 aromatic rings. The van der Waals surface area contributed by atoms with Crippen molar-refractivity contribution in [3.05, 3.63) is 48.5 Å². The van der Waals surface area contributed by atoms with Gasteiger partial charge in [-0.3, -0.25) is 0 Å². The van der Waals surface area contributed by atoms with Crippen LogP contribution in [0.1, 0.15) is 4.11 Å². The predicted octanol–water partition coefficient (Wildman–Crippen LogP) is 2.84. The molecular weight excluding hydrogens is 120 g/mol.